The summed E-state index contributed by atoms with van der Waals surface area (Å²) < 4.78 is 38.8. The first-order valence-corrected chi connectivity index (χ1v) is 9.79. The molecule has 2 aromatic heterocycles. The minimum atomic E-state index is -4.53. The third-order valence-electron chi connectivity index (χ3n) is 5.38. The van der Waals surface area contributed by atoms with Crippen LogP contribution in [0, 0.1) is 0 Å². The van der Waals surface area contributed by atoms with Crippen LogP contribution in [-0.2, 0) is 6.18 Å². The van der Waals surface area contributed by atoms with Gasteiger partial charge < -0.3 is 15.3 Å². The van der Waals surface area contributed by atoms with Crippen molar-refractivity contribution in [2.75, 3.05) is 25.5 Å². The summed E-state index contributed by atoms with van der Waals surface area (Å²) in [4.78, 5) is 6.45. The zero-order valence-electron chi connectivity index (χ0n) is 16.4. The summed E-state index contributed by atoms with van der Waals surface area (Å²) >= 11 is 0. The molecular weight excluding hydrogens is 395 g/mol. The molecule has 0 unspecified atom stereocenters. The molecule has 1 aliphatic rings. The third-order valence-corrected chi connectivity index (χ3v) is 5.38. The quantitative estimate of drug-likeness (QED) is 0.662. The van der Waals surface area contributed by atoms with Crippen LogP contribution in [0.3, 0.4) is 0 Å². The molecular formula is C21H22F3N5O. The van der Waals surface area contributed by atoms with Gasteiger partial charge in [0.25, 0.3) is 0 Å². The first kappa shape index (κ1) is 20.3. The molecule has 2 N–H and O–H groups in total. The molecule has 1 fully saturated rings. The van der Waals surface area contributed by atoms with Gasteiger partial charge in [-0.15, -0.1) is 10.2 Å². The number of benzene rings is 1. The Bertz CT molecular complexity index is 1060. The van der Waals surface area contributed by atoms with Gasteiger partial charge in [0.05, 0.1) is 5.56 Å². The molecule has 3 aromatic rings. The van der Waals surface area contributed by atoms with E-state index in [1.54, 1.807) is 18.5 Å². The number of phenols is 1. The van der Waals surface area contributed by atoms with Gasteiger partial charge in [0.2, 0.25) is 0 Å². The Balaban J connectivity index is 1.73. The normalized spacial score (nSPS) is 18.3. The van der Waals surface area contributed by atoms with Gasteiger partial charge in [0, 0.05) is 41.3 Å². The van der Waals surface area contributed by atoms with Crippen molar-refractivity contribution in [3.63, 3.8) is 0 Å². The number of phenolic OH excluding ortho intramolecular Hbond substituents is 1. The molecule has 9 heteroatoms. The van der Waals surface area contributed by atoms with Crippen molar-refractivity contribution < 1.29 is 18.3 Å². The predicted octanol–water partition coefficient (Wildman–Crippen LogP) is 4.31. The Morgan fingerprint density at radius 2 is 1.97 bits per heavy atom. The molecule has 1 atom stereocenters. The number of likely N-dealkylation sites (N-methyl/N-ethyl adjacent to an activating group) is 1. The predicted molar refractivity (Wildman–Crippen MR) is 108 cm³/mol. The number of nitrogens with zero attached hydrogens (tertiary/aromatic N) is 4. The topological polar surface area (TPSA) is 74.2 Å². The maximum atomic E-state index is 12.9. The molecule has 30 heavy (non-hydrogen) atoms. The molecule has 3 heterocycles. The van der Waals surface area contributed by atoms with Crippen LogP contribution in [-0.4, -0.2) is 51.4 Å². The third kappa shape index (κ3) is 4.16. The first-order chi connectivity index (χ1) is 14.3. The molecule has 1 aliphatic heterocycles. The highest BCUT2D eigenvalue weighted by Gasteiger charge is 2.31. The SMILES string of the molecule is CN1CCCC[C@H](Nc2nnc(-c3ccc(C(F)(F)F)cc3O)c3ccncc23)C1. The van der Waals surface area contributed by atoms with Gasteiger partial charge in [-0.3, -0.25) is 4.98 Å². The van der Waals surface area contributed by atoms with E-state index in [0.29, 0.717) is 28.4 Å². The number of halogens is 3. The second kappa shape index (κ2) is 8.06. The fraction of sp³-hybridized carbons (Fsp3) is 0.381. The zero-order chi connectivity index (χ0) is 21.3. The highest BCUT2D eigenvalue weighted by atomic mass is 19.4. The first-order valence-electron chi connectivity index (χ1n) is 9.79. The van der Waals surface area contributed by atoms with E-state index in [4.69, 9.17) is 0 Å². The van der Waals surface area contributed by atoms with E-state index in [1.807, 2.05) is 0 Å². The number of rotatable bonds is 3. The van der Waals surface area contributed by atoms with E-state index < -0.39 is 17.5 Å². The largest absolute Gasteiger partial charge is 0.507 e. The summed E-state index contributed by atoms with van der Waals surface area (Å²) in [6.07, 6.45) is 1.97. The molecule has 0 aliphatic carbocycles. The number of pyridine rings is 1. The van der Waals surface area contributed by atoms with Crippen molar-refractivity contribution in [1.29, 1.82) is 0 Å². The number of aromatic hydroxyl groups is 1. The molecule has 158 valence electrons. The minimum absolute atomic E-state index is 0.187. The van der Waals surface area contributed by atoms with Crippen LogP contribution in [0.15, 0.2) is 36.7 Å². The van der Waals surface area contributed by atoms with Crippen molar-refractivity contribution in [2.45, 2.75) is 31.5 Å². The number of hydrogen-bond acceptors (Lipinski definition) is 6. The number of nitrogens with one attached hydrogen (secondary N) is 1. The summed E-state index contributed by atoms with van der Waals surface area (Å²) in [5, 5.41) is 23.6. The smallest absolute Gasteiger partial charge is 0.416 e. The molecule has 4 rings (SSSR count). The second-order valence-corrected chi connectivity index (χ2v) is 7.65. The Labute approximate surface area is 171 Å². The van der Waals surface area contributed by atoms with E-state index in [2.05, 4.69) is 32.4 Å². The fourth-order valence-electron chi connectivity index (χ4n) is 3.85. The summed E-state index contributed by atoms with van der Waals surface area (Å²) in [7, 11) is 2.09. The molecule has 0 radical (unpaired) electrons. The maximum Gasteiger partial charge on any atom is 0.416 e. The van der Waals surface area contributed by atoms with Gasteiger partial charge in [-0.1, -0.05) is 6.42 Å². The number of likely N-dealkylation sites (tertiary alicyclic amines) is 1. The highest BCUT2D eigenvalue weighted by molar-refractivity contribution is 6.00. The van der Waals surface area contributed by atoms with Crippen molar-refractivity contribution in [1.82, 2.24) is 20.1 Å². The maximum absolute atomic E-state index is 12.9. The van der Waals surface area contributed by atoms with Gasteiger partial charge in [-0.25, -0.2) is 0 Å². The average Bonchev–Trinajstić information content (AvgIpc) is 2.91. The van der Waals surface area contributed by atoms with Crippen LogP contribution < -0.4 is 5.32 Å². The molecule has 0 amide bonds. The van der Waals surface area contributed by atoms with Crippen LogP contribution in [0.5, 0.6) is 5.75 Å². The van der Waals surface area contributed by atoms with E-state index in [1.165, 1.54) is 6.07 Å². The summed E-state index contributed by atoms with van der Waals surface area (Å²) in [5.74, 6) is 0.0805. The van der Waals surface area contributed by atoms with Crippen molar-refractivity contribution in [3.8, 4) is 17.0 Å². The second-order valence-electron chi connectivity index (χ2n) is 7.65. The lowest BCUT2D eigenvalue weighted by Gasteiger charge is -2.22. The van der Waals surface area contributed by atoms with E-state index >= 15 is 0 Å². The molecule has 6 nitrogen and oxygen atoms in total. The van der Waals surface area contributed by atoms with E-state index in [-0.39, 0.29) is 11.6 Å². The Morgan fingerprint density at radius 3 is 2.73 bits per heavy atom. The van der Waals surface area contributed by atoms with E-state index in [9.17, 15) is 18.3 Å². The Kier molecular flexibility index (Phi) is 5.46. The fourth-order valence-corrected chi connectivity index (χ4v) is 3.85. The molecule has 0 saturated carbocycles. The van der Waals surface area contributed by atoms with Crippen LogP contribution in [0.2, 0.25) is 0 Å². The number of anilines is 1. The molecule has 1 aromatic carbocycles. The number of alkyl halides is 3. The lowest BCUT2D eigenvalue weighted by molar-refractivity contribution is -0.137. The Hall–Kier alpha value is -2.94. The Morgan fingerprint density at radius 1 is 1.13 bits per heavy atom. The minimum Gasteiger partial charge on any atom is -0.507 e. The van der Waals surface area contributed by atoms with Crippen LogP contribution in [0.1, 0.15) is 24.8 Å². The van der Waals surface area contributed by atoms with Crippen molar-refractivity contribution >= 4 is 16.6 Å². The van der Waals surface area contributed by atoms with Crippen molar-refractivity contribution in [2.24, 2.45) is 0 Å². The monoisotopic (exact) mass is 417 g/mol. The average molecular weight is 417 g/mol. The molecule has 0 bridgehead atoms. The van der Waals surface area contributed by atoms with Crippen LogP contribution >= 0.6 is 0 Å². The summed E-state index contributed by atoms with van der Waals surface area (Å²) in [6.45, 7) is 1.93. The van der Waals surface area contributed by atoms with Gasteiger partial charge in [-0.2, -0.15) is 13.2 Å². The van der Waals surface area contributed by atoms with Crippen molar-refractivity contribution in [3.05, 3.63) is 42.2 Å². The standard InChI is InChI=1S/C21H22F3N5O/c1-29-9-3-2-4-14(12-29)26-20-17-11-25-8-7-15(17)19(27-28-20)16-6-5-13(10-18(16)30)21(22,23)24/h5-8,10-11,14,30H,2-4,9,12H2,1H3,(H,26,28)/t14-/m0/s1. The van der Waals surface area contributed by atoms with Gasteiger partial charge in [-0.05, 0) is 50.7 Å². The van der Waals surface area contributed by atoms with Gasteiger partial charge in [0.15, 0.2) is 5.82 Å². The van der Waals surface area contributed by atoms with Crippen LogP contribution in [0.4, 0.5) is 19.0 Å². The number of aromatic nitrogens is 3. The van der Waals surface area contributed by atoms with E-state index in [0.717, 1.165) is 38.4 Å². The highest BCUT2D eigenvalue weighted by Crippen LogP contribution is 2.38. The van der Waals surface area contributed by atoms with Gasteiger partial charge in [0.1, 0.15) is 11.4 Å². The number of fused-ring (bicyclic) bond motifs is 1. The lowest BCUT2D eigenvalue weighted by atomic mass is 10.0. The number of hydrogen-bond donors (Lipinski definition) is 2. The van der Waals surface area contributed by atoms with Crippen LogP contribution in [0.25, 0.3) is 22.0 Å². The molecule has 1 saturated heterocycles. The summed E-state index contributed by atoms with van der Waals surface area (Å²) in [5.41, 5.74) is -0.423. The van der Waals surface area contributed by atoms with Gasteiger partial charge >= 0.3 is 6.18 Å². The lowest BCUT2D eigenvalue weighted by Crippen LogP contribution is -2.33. The molecule has 0 spiro atoms. The summed E-state index contributed by atoms with van der Waals surface area (Å²) in [6, 6.07) is 4.78. The zero-order valence-corrected chi connectivity index (χ0v) is 16.4.